The Balaban J connectivity index is 2.29. The van der Waals surface area contributed by atoms with Gasteiger partial charge in [-0.1, -0.05) is 28.1 Å². The zero-order valence-corrected chi connectivity index (χ0v) is 12.7. The summed E-state index contributed by atoms with van der Waals surface area (Å²) in [5.74, 6) is 0.816. The molecule has 0 heterocycles. The molecule has 2 rings (SSSR count). The van der Waals surface area contributed by atoms with E-state index in [9.17, 15) is 0 Å². The Morgan fingerprint density at radius 1 is 1.21 bits per heavy atom. The van der Waals surface area contributed by atoms with Crippen molar-refractivity contribution in [3.05, 3.63) is 52.5 Å². The van der Waals surface area contributed by atoms with Crippen molar-refractivity contribution in [3.63, 3.8) is 0 Å². The van der Waals surface area contributed by atoms with E-state index < -0.39 is 0 Å². The first-order chi connectivity index (χ1) is 9.10. The summed E-state index contributed by atoms with van der Waals surface area (Å²) in [6.45, 7) is 0. The summed E-state index contributed by atoms with van der Waals surface area (Å²) in [6.07, 6.45) is 0. The van der Waals surface area contributed by atoms with Crippen LogP contribution >= 0.6 is 28.1 Å². The Kier molecular flexibility index (Phi) is 4.39. The molecule has 0 aliphatic heterocycles. The van der Waals surface area contributed by atoms with Crippen molar-refractivity contribution in [1.29, 1.82) is 0 Å². The maximum absolute atomic E-state index is 5.73. The first-order valence-corrected chi connectivity index (χ1v) is 6.80. The number of nitrogens with one attached hydrogen (secondary N) is 1. The van der Waals surface area contributed by atoms with Gasteiger partial charge in [-0.15, -0.1) is 0 Å². The summed E-state index contributed by atoms with van der Waals surface area (Å²) in [5, 5.41) is 3.29. The molecular weight excluding hydrogens is 324 g/mol. The van der Waals surface area contributed by atoms with Crippen LogP contribution in [0.15, 0.2) is 46.9 Å². The number of benzene rings is 2. The second-order valence-electron chi connectivity index (χ2n) is 3.91. The van der Waals surface area contributed by atoms with Gasteiger partial charge in [0.05, 0.1) is 7.11 Å². The van der Waals surface area contributed by atoms with Crippen LogP contribution in [-0.2, 0) is 0 Å². The Morgan fingerprint density at radius 2 is 1.89 bits per heavy atom. The Bertz CT molecular complexity index is 599. The molecule has 19 heavy (non-hydrogen) atoms. The third kappa shape index (κ3) is 3.45. The van der Waals surface area contributed by atoms with Gasteiger partial charge in [0.15, 0.2) is 0 Å². The molecule has 0 fully saturated rings. The molecule has 0 spiro atoms. The molecule has 0 amide bonds. The SMILES string of the molecule is COc1ccc(Nc2ccc(Br)cc2C(N)=S)cc1. The normalized spacial score (nSPS) is 10.0. The second-order valence-corrected chi connectivity index (χ2v) is 5.26. The van der Waals surface area contributed by atoms with Gasteiger partial charge in [-0.3, -0.25) is 0 Å². The van der Waals surface area contributed by atoms with Gasteiger partial charge in [-0.2, -0.15) is 0 Å². The number of rotatable bonds is 4. The maximum atomic E-state index is 5.73. The molecule has 0 aliphatic rings. The van der Waals surface area contributed by atoms with Crippen LogP contribution in [0, 0.1) is 0 Å². The zero-order chi connectivity index (χ0) is 13.8. The molecule has 0 aliphatic carbocycles. The zero-order valence-electron chi connectivity index (χ0n) is 10.3. The smallest absolute Gasteiger partial charge is 0.119 e. The lowest BCUT2D eigenvalue weighted by molar-refractivity contribution is 0.415. The molecule has 0 atom stereocenters. The monoisotopic (exact) mass is 336 g/mol. The van der Waals surface area contributed by atoms with E-state index in [2.05, 4.69) is 21.2 Å². The van der Waals surface area contributed by atoms with E-state index in [0.717, 1.165) is 27.2 Å². The summed E-state index contributed by atoms with van der Waals surface area (Å²) in [7, 11) is 1.64. The van der Waals surface area contributed by atoms with Gasteiger partial charge in [0, 0.05) is 21.4 Å². The second kappa shape index (κ2) is 6.04. The van der Waals surface area contributed by atoms with Crippen molar-refractivity contribution >= 4 is 44.5 Å². The highest BCUT2D eigenvalue weighted by Gasteiger charge is 2.06. The Morgan fingerprint density at radius 3 is 2.47 bits per heavy atom. The fraction of sp³-hybridized carbons (Fsp3) is 0.0714. The highest BCUT2D eigenvalue weighted by Crippen LogP contribution is 2.25. The molecule has 3 nitrogen and oxygen atoms in total. The molecule has 0 aromatic heterocycles. The summed E-state index contributed by atoms with van der Waals surface area (Å²) in [6, 6.07) is 13.4. The van der Waals surface area contributed by atoms with Gasteiger partial charge in [0.2, 0.25) is 0 Å². The summed E-state index contributed by atoms with van der Waals surface area (Å²) >= 11 is 8.47. The van der Waals surface area contributed by atoms with E-state index in [0.29, 0.717) is 4.99 Å². The molecule has 0 saturated heterocycles. The molecule has 0 saturated carbocycles. The van der Waals surface area contributed by atoms with Crippen molar-refractivity contribution in [2.24, 2.45) is 5.73 Å². The predicted molar refractivity (Wildman–Crippen MR) is 86.3 cm³/mol. The fourth-order valence-corrected chi connectivity index (χ4v) is 2.19. The summed E-state index contributed by atoms with van der Waals surface area (Å²) in [5.41, 5.74) is 8.36. The van der Waals surface area contributed by atoms with Crippen LogP contribution in [0.2, 0.25) is 0 Å². The third-order valence-corrected chi connectivity index (χ3v) is 3.33. The number of hydrogen-bond donors (Lipinski definition) is 2. The number of methoxy groups -OCH3 is 1. The van der Waals surface area contributed by atoms with Crippen molar-refractivity contribution in [2.45, 2.75) is 0 Å². The highest BCUT2D eigenvalue weighted by atomic mass is 79.9. The van der Waals surface area contributed by atoms with Crippen LogP contribution in [0.1, 0.15) is 5.56 Å². The van der Waals surface area contributed by atoms with E-state index in [4.69, 9.17) is 22.7 Å². The summed E-state index contributed by atoms with van der Waals surface area (Å²) < 4.78 is 6.06. The lowest BCUT2D eigenvalue weighted by atomic mass is 10.1. The van der Waals surface area contributed by atoms with Crippen molar-refractivity contribution < 1.29 is 4.74 Å². The molecule has 0 radical (unpaired) electrons. The molecule has 2 aromatic carbocycles. The van der Waals surface area contributed by atoms with Gasteiger partial charge in [0.1, 0.15) is 10.7 Å². The van der Waals surface area contributed by atoms with Gasteiger partial charge in [0.25, 0.3) is 0 Å². The maximum Gasteiger partial charge on any atom is 0.119 e. The number of thiocarbonyl (C=S) groups is 1. The molecular formula is C14H13BrN2OS. The molecule has 5 heteroatoms. The molecule has 0 bridgehead atoms. The first-order valence-electron chi connectivity index (χ1n) is 5.60. The summed E-state index contributed by atoms with van der Waals surface area (Å²) in [4.78, 5) is 0.359. The van der Waals surface area contributed by atoms with Crippen LogP contribution in [0.25, 0.3) is 0 Å². The number of hydrogen-bond acceptors (Lipinski definition) is 3. The van der Waals surface area contributed by atoms with E-state index >= 15 is 0 Å². The predicted octanol–water partition coefficient (Wildman–Crippen LogP) is 3.84. The molecule has 3 N–H and O–H groups in total. The number of nitrogens with two attached hydrogens (primary N) is 1. The first kappa shape index (κ1) is 13.8. The lowest BCUT2D eigenvalue weighted by Crippen LogP contribution is -2.11. The van der Waals surface area contributed by atoms with Crippen LogP contribution in [-0.4, -0.2) is 12.1 Å². The van der Waals surface area contributed by atoms with Crippen molar-refractivity contribution in [3.8, 4) is 5.75 Å². The number of halogens is 1. The van der Waals surface area contributed by atoms with E-state index in [-0.39, 0.29) is 0 Å². The average molecular weight is 337 g/mol. The van der Waals surface area contributed by atoms with E-state index in [1.807, 2.05) is 42.5 Å². The highest BCUT2D eigenvalue weighted by molar-refractivity contribution is 9.10. The number of anilines is 2. The van der Waals surface area contributed by atoms with Crippen molar-refractivity contribution in [2.75, 3.05) is 12.4 Å². The van der Waals surface area contributed by atoms with Gasteiger partial charge >= 0.3 is 0 Å². The largest absolute Gasteiger partial charge is 0.497 e. The van der Waals surface area contributed by atoms with Crippen LogP contribution in [0.4, 0.5) is 11.4 Å². The van der Waals surface area contributed by atoms with Gasteiger partial charge < -0.3 is 15.8 Å². The fourth-order valence-electron chi connectivity index (χ4n) is 1.66. The quantitative estimate of drug-likeness (QED) is 0.833. The lowest BCUT2D eigenvalue weighted by Gasteiger charge is -2.12. The Hall–Kier alpha value is -1.59. The topological polar surface area (TPSA) is 47.3 Å². The van der Waals surface area contributed by atoms with Crippen LogP contribution in [0.3, 0.4) is 0 Å². The Labute approximate surface area is 125 Å². The van der Waals surface area contributed by atoms with Gasteiger partial charge in [-0.05, 0) is 42.5 Å². The van der Waals surface area contributed by atoms with E-state index in [1.165, 1.54) is 0 Å². The molecule has 2 aromatic rings. The van der Waals surface area contributed by atoms with Gasteiger partial charge in [-0.25, -0.2) is 0 Å². The minimum absolute atomic E-state index is 0.359. The average Bonchev–Trinajstić information content (AvgIpc) is 2.41. The van der Waals surface area contributed by atoms with Crippen LogP contribution in [0.5, 0.6) is 5.75 Å². The van der Waals surface area contributed by atoms with Crippen molar-refractivity contribution in [1.82, 2.24) is 0 Å². The minimum Gasteiger partial charge on any atom is -0.497 e. The standard InChI is InChI=1S/C14H13BrN2OS/c1-18-11-5-3-10(4-6-11)17-13-7-2-9(15)8-12(13)14(16)19/h2-8,17H,1H3,(H2,16,19). The molecule has 98 valence electrons. The van der Waals surface area contributed by atoms with E-state index in [1.54, 1.807) is 7.11 Å². The molecule has 0 unspecified atom stereocenters. The minimum atomic E-state index is 0.359. The number of ether oxygens (including phenoxy) is 1. The van der Waals surface area contributed by atoms with Crippen LogP contribution < -0.4 is 15.8 Å². The third-order valence-electron chi connectivity index (χ3n) is 2.62.